The van der Waals surface area contributed by atoms with Crippen LogP contribution in [0.15, 0.2) is 59.5 Å². The lowest BCUT2D eigenvalue weighted by Gasteiger charge is -2.43. The lowest BCUT2D eigenvalue weighted by Crippen LogP contribution is -2.61. The molecule has 29 heavy (non-hydrogen) atoms. The third-order valence-corrected chi connectivity index (χ3v) is 7.55. The number of ether oxygens (including phenoxy) is 1. The Morgan fingerprint density at radius 2 is 1.59 bits per heavy atom. The summed E-state index contributed by atoms with van der Waals surface area (Å²) in [5.74, 6) is 0.710. The van der Waals surface area contributed by atoms with Crippen molar-refractivity contribution in [2.45, 2.75) is 17.4 Å². The second-order valence-electron chi connectivity index (χ2n) is 7.22. The van der Waals surface area contributed by atoms with Crippen LogP contribution in [-0.4, -0.2) is 69.4 Å². The Kier molecular flexibility index (Phi) is 5.47. The highest BCUT2D eigenvalue weighted by Crippen LogP contribution is 2.30. The van der Waals surface area contributed by atoms with E-state index in [4.69, 9.17) is 4.74 Å². The molecule has 2 aliphatic rings. The Morgan fingerprint density at radius 1 is 0.931 bits per heavy atom. The molecule has 2 saturated heterocycles. The maximum absolute atomic E-state index is 13.0. The van der Waals surface area contributed by atoms with E-state index in [1.54, 1.807) is 42.3 Å². The maximum Gasteiger partial charge on any atom is 0.243 e. The quantitative estimate of drug-likeness (QED) is 0.745. The first kappa shape index (κ1) is 19.7. The van der Waals surface area contributed by atoms with Crippen LogP contribution in [0.3, 0.4) is 0 Å². The Hall–Kier alpha value is -2.58. The van der Waals surface area contributed by atoms with Crippen molar-refractivity contribution in [1.82, 2.24) is 9.21 Å². The van der Waals surface area contributed by atoms with Crippen LogP contribution in [0, 0.1) is 0 Å². The van der Waals surface area contributed by atoms with Gasteiger partial charge < -0.3 is 14.5 Å². The second kappa shape index (κ2) is 8.04. The highest BCUT2D eigenvalue weighted by atomic mass is 32.2. The molecule has 7 nitrogen and oxygen atoms in total. The number of hydrogen-bond donors (Lipinski definition) is 0. The summed E-state index contributed by atoms with van der Waals surface area (Å²) < 4.78 is 32.5. The van der Waals surface area contributed by atoms with Crippen molar-refractivity contribution < 1.29 is 17.9 Å². The lowest BCUT2D eigenvalue weighted by molar-refractivity contribution is -0.138. The summed E-state index contributed by atoms with van der Waals surface area (Å²) in [6.07, 6.45) is 0.567. The van der Waals surface area contributed by atoms with Gasteiger partial charge in [0.15, 0.2) is 0 Å². The Labute approximate surface area is 171 Å². The van der Waals surface area contributed by atoms with Crippen LogP contribution < -0.4 is 9.64 Å². The molecule has 0 radical (unpaired) electrons. The SMILES string of the molecule is COc1ccccc1N1CCN(C(=O)[C@@H]2CCN2S(=O)(=O)c2ccccc2)CC1. The van der Waals surface area contributed by atoms with Crippen molar-refractivity contribution in [2.24, 2.45) is 0 Å². The van der Waals surface area contributed by atoms with E-state index in [1.807, 2.05) is 24.3 Å². The summed E-state index contributed by atoms with van der Waals surface area (Å²) in [7, 11) is -1.99. The van der Waals surface area contributed by atoms with Gasteiger partial charge in [-0.25, -0.2) is 8.42 Å². The molecule has 0 N–H and O–H groups in total. The number of rotatable bonds is 5. The van der Waals surface area contributed by atoms with Crippen molar-refractivity contribution in [3.8, 4) is 5.75 Å². The van der Waals surface area contributed by atoms with Gasteiger partial charge in [0.05, 0.1) is 17.7 Å². The van der Waals surface area contributed by atoms with E-state index in [0.717, 1.165) is 11.4 Å². The van der Waals surface area contributed by atoms with Crippen molar-refractivity contribution in [3.63, 3.8) is 0 Å². The minimum atomic E-state index is -3.64. The number of para-hydroxylation sites is 2. The molecule has 1 amide bonds. The number of benzene rings is 2. The van der Waals surface area contributed by atoms with E-state index in [1.165, 1.54) is 4.31 Å². The molecule has 2 aromatic rings. The number of nitrogens with zero attached hydrogens (tertiary/aromatic N) is 3. The molecule has 0 aliphatic carbocycles. The molecule has 2 aromatic carbocycles. The van der Waals surface area contributed by atoms with Gasteiger partial charge in [-0.05, 0) is 30.7 Å². The fraction of sp³-hybridized carbons (Fsp3) is 0.381. The Bertz CT molecular complexity index is 972. The molecule has 0 aromatic heterocycles. The normalized spacial score (nSPS) is 20.2. The van der Waals surface area contributed by atoms with E-state index in [0.29, 0.717) is 39.1 Å². The second-order valence-corrected chi connectivity index (χ2v) is 9.11. The summed E-state index contributed by atoms with van der Waals surface area (Å²) in [5, 5.41) is 0. The van der Waals surface area contributed by atoms with Crippen LogP contribution in [0.25, 0.3) is 0 Å². The molecular formula is C21H25N3O4S. The first-order valence-corrected chi connectivity index (χ1v) is 11.2. The number of piperazine rings is 1. The fourth-order valence-corrected chi connectivity index (χ4v) is 5.54. The third-order valence-electron chi connectivity index (χ3n) is 5.62. The summed E-state index contributed by atoms with van der Waals surface area (Å²) in [5.41, 5.74) is 1.01. The van der Waals surface area contributed by atoms with E-state index in [9.17, 15) is 13.2 Å². The summed E-state index contributed by atoms with van der Waals surface area (Å²) >= 11 is 0. The molecule has 154 valence electrons. The van der Waals surface area contributed by atoms with Gasteiger partial charge in [-0.2, -0.15) is 4.31 Å². The van der Waals surface area contributed by atoms with E-state index in [-0.39, 0.29) is 10.8 Å². The predicted molar refractivity (Wildman–Crippen MR) is 111 cm³/mol. The van der Waals surface area contributed by atoms with Gasteiger partial charge in [0.25, 0.3) is 0 Å². The highest BCUT2D eigenvalue weighted by molar-refractivity contribution is 7.89. The predicted octanol–water partition coefficient (Wildman–Crippen LogP) is 1.81. The number of anilines is 1. The summed E-state index contributed by atoms with van der Waals surface area (Å²) in [6, 6.07) is 15.5. The van der Waals surface area contributed by atoms with Gasteiger partial charge in [0.1, 0.15) is 11.8 Å². The van der Waals surface area contributed by atoms with Gasteiger partial charge in [0.2, 0.25) is 15.9 Å². The van der Waals surface area contributed by atoms with Gasteiger partial charge >= 0.3 is 0 Å². The number of amides is 1. The van der Waals surface area contributed by atoms with Gasteiger partial charge in [-0.3, -0.25) is 4.79 Å². The summed E-state index contributed by atoms with van der Waals surface area (Å²) in [4.78, 5) is 17.2. The number of carbonyl (C=O) groups is 1. The molecule has 8 heteroatoms. The van der Waals surface area contributed by atoms with Crippen LogP contribution in [0.2, 0.25) is 0 Å². The standard InChI is InChI=1S/C21H25N3O4S/c1-28-20-10-6-5-9-18(20)22-13-15-23(16-14-22)21(25)19-11-12-24(19)29(26,27)17-7-3-2-4-8-17/h2-10,19H,11-16H2,1H3/t19-/m0/s1. The van der Waals surface area contributed by atoms with Crippen molar-refractivity contribution in [2.75, 3.05) is 44.7 Å². The van der Waals surface area contributed by atoms with Crippen molar-refractivity contribution >= 4 is 21.6 Å². The van der Waals surface area contributed by atoms with Crippen molar-refractivity contribution in [3.05, 3.63) is 54.6 Å². The van der Waals surface area contributed by atoms with Gasteiger partial charge in [-0.1, -0.05) is 30.3 Å². The first-order valence-electron chi connectivity index (χ1n) is 9.76. The molecule has 0 spiro atoms. The Morgan fingerprint density at radius 3 is 2.21 bits per heavy atom. The Balaban J connectivity index is 1.41. The average Bonchev–Trinajstić information content (AvgIpc) is 2.73. The van der Waals surface area contributed by atoms with E-state index in [2.05, 4.69) is 4.90 Å². The van der Waals surface area contributed by atoms with Crippen LogP contribution >= 0.6 is 0 Å². The molecule has 1 atom stereocenters. The number of methoxy groups -OCH3 is 1. The minimum Gasteiger partial charge on any atom is -0.495 e. The molecule has 2 heterocycles. The van der Waals surface area contributed by atoms with Crippen LogP contribution in [0.4, 0.5) is 5.69 Å². The smallest absolute Gasteiger partial charge is 0.243 e. The molecule has 2 fully saturated rings. The molecule has 2 aliphatic heterocycles. The zero-order chi connectivity index (χ0) is 20.4. The van der Waals surface area contributed by atoms with Crippen LogP contribution in [0.1, 0.15) is 6.42 Å². The summed E-state index contributed by atoms with van der Waals surface area (Å²) in [6.45, 7) is 2.88. The topological polar surface area (TPSA) is 70.2 Å². The van der Waals surface area contributed by atoms with Gasteiger partial charge in [0, 0.05) is 32.7 Å². The largest absolute Gasteiger partial charge is 0.495 e. The fourth-order valence-electron chi connectivity index (χ4n) is 3.90. The zero-order valence-electron chi connectivity index (χ0n) is 16.4. The third kappa shape index (κ3) is 3.70. The average molecular weight is 416 g/mol. The molecule has 0 saturated carbocycles. The van der Waals surface area contributed by atoms with Crippen LogP contribution in [0.5, 0.6) is 5.75 Å². The number of sulfonamides is 1. The monoisotopic (exact) mass is 415 g/mol. The molecular weight excluding hydrogens is 390 g/mol. The first-order chi connectivity index (χ1) is 14.0. The van der Waals surface area contributed by atoms with E-state index >= 15 is 0 Å². The number of carbonyl (C=O) groups excluding carboxylic acids is 1. The minimum absolute atomic E-state index is 0.101. The van der Waals surface area contributed by atoms with Gasteiger partial charge in [-0.15, -0.1) is 0 Å². The lowest BCUT2D eigenvalue weighted by atomic mass is 10.1. The van der Waals surface area contributed by atoms with Crippen molar-refractivity contribution in [1.29, 1.82) is 0 Å². The van der Waals surface area contributed by atoms with Crippen LogP contribution in [-0.2, 0) is 14.8 Å². The number of hydrogen-bond acceptors (Lipinski definition) is 5. The molecule has 0 bridgehead atoms. The highest BCUT2D eigenvalue weighted by Gasteiger charge is 2.44. The van der Waals surface area contributed by atoms with E-state index < -0.39 is 16.1 Å². The maximum atomic E-state index is 13.0. The molecule has 0 unspecified atom stereocenters. The zero-order valence-corrected chi connectivity index (χ0v) is 17.2. The molecule has 4 rings (SSSR count).